The molecule has 3 N–H and O–H groups in total. The summed E-state index contributed by atoms with van der Waals surface area (Å²) in [5.74, 6) is -0.794. The van der Waals surface area contributed by atoms with E-state index in [0.717, 1.165) is 6.42 Å². The summed E-state index contributed by atoms with van der Waals surface area (Å²) in [6.07, 6.45) is 0.720. The van der Waals surface area contributed by atoms with Gasteiger partial charge in [0.05, 0.1) is 12.5 Å². The van der Waals surface area contributed by atoms with Crippen LogP contribution in [0, 0.1) is 5.92 Å². The van der Waals surface area contributed by atoms with Crippen molar-refractivity contribution in [2.45, 2.75) is 19.4 Å². The third-order valence-electron chi connectivity index (χ3n) is 2.09. The second-order valence-electron chi connectivity index (χ2n) is 3.19. The molecule has 0 bridgehead atoms. The number of hydrogen-bond donors (Lipinski definition) is 2. The minimum Gasteiger partial charge on any atom is -0.381 e. The molecule has 1 aliphatic rings. The summed E-state index contributed by atoms with van der Waals surface area (Å²) in [4.78, 5) is 22.0. The van der Waals surface area contributed by atoms with Crippen LogP contribution < -0.4 is 11.1 Å². The summed E-state index contributed by atoms with van der Waals surface area (Å²) in [5, 5.41) is 2.53. The number of ether oxygens (including phenoxy) is 1. The minimum absolute atomic E-state index is 0.123. The number of amides is 2. The Balaban J connectivity index is 2.35. The van der Waals surface area contributed by atoms with Crippen molar-refractivity contribution in [3.8, 4) is 0 Å². The zero-order chi connectivity index (χ0) is 9.84. The first kappa shape index (κ1) is 9.98. The largest absolute Gasteiger partial charge is 0.381 e. The molecule has 0 saturated carbocycles. The van der Waals surface area contributed by atoms with Gasteiger partial charge in [0.2, 0.25) is 11.8 Å². The van der Waals surface area contributed by atoms with Crippen molar-refractivity contribution in [1.82, 2.24) is 5.32 Å². The number of nitrogens with two attached hydrogens (primary N) is 1. The molecule has 0 aromatic rings. The molecule has 2 amide bonds. The number of hydrogen-bond acceptors (Lipinski definition) is 3. The predicted octanol–water partition coefficient (Wildman–Crippen LogP) is -0.987. The third-order valence-corrected chi connectivity index (χ3v) is 2.09. The number of rotatable bonds is 3. The van der Waals surface area contributed by atoms with Gasteiger partial charge < -0.3 is 15.8 Å². The highest BCUT2D eigenvalue weighted by Crippen LogP contribution is 2.11. The van der Waals surface area contributed by atoms with E-state index in [1.54, 1.807) is 6.92 Å². The SMILES string of the molecule is C[C@H](NC(=O)C1CCOC1)C(N)=O. The molecule has 0 spiro atoms. The van der Waals surface area contributed by atoms with Crippen molar-refractivity contribution in [1.29, 1.82) is 0 Å². The van der Waals surface area contributed by atoms with E-state index in [1.165, 1.54) is 0 Å². The van der Waals surface area contributed by atoms with Gasteiger partial charge in [-0.25, -0.2) is 0 Å². The molecule has 5 heteroatoms. The smallest absolute Gasteiger partial charge is 0.239 e. The van der Waals surface area contributed by atoms with E-state index in [0.29, 0.717) is 13.2 Å². The summed E-state index contributed by atoms with van der Waals surface area (Å²) in [7, 11) is 0. The Bertz CT molecular complexity index is 211. The lowest BCUT2D eigenvalue weighted by molar-refractivity contribution is -0.129. The van der Waals surface area contributed by atoms with Crippen LogP contribution in [0.15, 0.2) is 0 Å². The van der Waals surface area contributed by atoms with Gasteiger partial charge in [-0.05, 0) is 13.3 Å². The van der Waals surface area contributed by atoms with Crippen LogP contribution in [0.25, 0.3) is 0 Å². The Hall–Kier alpha value is -1.10. The van der Waals surface area contributed by atoms with E-state index in [2.05, 4.69) is 5.32 Å². The molecule has 1 fully saturated rings. The molecule has 0 aromatic heterocycles. The maximum atomic E-state index is 11.4. The highest BCUT2D eigenvalue weighted by Gasteiger charge is 2.25. The van der Waals surface area contributed by atoms with Gasteiger partial charge in [0.25, 0.3) is 0 Å². The van der Waals surface area contributed by atoms with Gasteiger partial charge in [-0.3, -0.25) is 9.59 Å². The van der Waals surface area contributed by atoms with E-state index in [4.69, 9.17) is 10.5 Å². The van der Waals surface area contributed by atoms with Crippen LogP contribution >= 0.6 is 0 Å². The van der Waals surface area contributed by atoms with Gasteiger partial charge in [0, 0.05) is 6.61 Å². The average Bonchev–Trinajstić information content (AvgIpc) is 2.55. The zero-order valence-electron chi connectivity index (χ0n) is 7.58. The van der Waals surface area contributed by atoms with Gasteiger partial charge in [-0.2, -0.15) is 0 Å². The maximum Gasteiger partial charge on any atom is 0.239 e. The normalized spacial score (nSPS) is 23.9. The van der Waals surface area contributed by atoms with Crippen LogP contribution in [0.4, 0.5) is 0 Å². The second kappa shape index (κ2) is 4.23. The van der Waals surface area contributed by atoms with E-state index in [-0.39, 0.29) is 11.8 Å². The molecule has 0 aromatic carbocycles. The van der Waals surface area contributed by atoms with Crippen molar-refractivity contribution < 1.29 is 14.3 Å². The standard InChI is InChI=1S/C8H14N2O3/c1-5(7(9)11)10-8(12)6-2-3-13-4-6/h5-6H,2-4H2,1H3,(H2,9,11)(H,10,12)/t5-,6?/m0/s1. The topological polar surface area (TPSA) is 81.4 Å². The fraction of sp³-hybridized carbons (Fsp3) is 0.750. The first-order valence-corrected chi connectivity index (χ1v) is 4.28. The van der Waals surface area contributed by atoms with Crippen LogP contribution in [0.2, 0.25) is 0 Å². The lowest BCUT2D eigenvalue weighted by atomic mass is 10.1. The van der Waals surface area contributed by atoms with Crippen LogP contribution in [0.3, 0.4) is 0 Å². The Labute approximate surface area is 76.6 Å². The lowest BCUT2D eigenvalue weighted by Crippen LogP contribution is -2.44. The summed E-state index contributed by atoms with van der Waals surface area (Å²) in [5.41, 5.74) is 5.00. The van der Waals surface area contributed by atoms with Gasteiger partial charge in [0.1, 0.15) is 6.04 Å². The molecular weight excluding hydrogens is 172 g/mol. The first-order chi connectivity index (χ1) is 6.11. The van der Waals surface area contributed by atoms with E-state index < -0.39 is 11.9 Å². The summed E-state index contributed by atoms with van der Waals surface area (Å²) < 4.78 is 5.04. The molecule has 74 valence electrons. The van der Waals surface area contributed by atoms with Crippen molar-refractivity contribution in [3.63, 3.8) is 0 Å². The lowest BCUT2D eigenvalue weighted by Gasteiger charge is -2.12. The van der Waals surface area contributed by atoms with Crippen molar-refractivity contribution >= 4 is 11.8 Å². The van der Waals surface area contributed by atoms with E-state index >= 15 is 0 Å². The molecule has 1 saturated heterocycles. The van der Waals surface area contributed by atoms with Gasteiger partial charge in [0.15, 0.2) is 0 Å². The predicted molar refractivity (Wildman–Crippen MR) is 45.7 cm³/mol. The Kier molecular flexibility index (Phi) is 3.25. The Morgan fingerprint density at radius 1 is 1.62 bits per heavy atom. The van der Waals surface area contributed by atoms with Crippen molar-refractivity contribution in [3.05, 3.63) is 0 Å². The van der Waals surface area contributed by atoms with Gasteiger partial charge in [-0.1, -0.05) is 0 Å². The van der Waals surface area contributed by atoms with Crippen LogP contribution in [0.1, 0.15) is 13.3 Å². The van der Waals surface area contributed by atoms with Gasteiger partial charge >= 0.3 is 0 Å². The van der Waals surface area contributed by atoms with Crippen molar-refractivity contribution in [2.24, 2.45) is 11.7 Å². The van der Waals surface area contributed by atoms with Crippen molar-refractivity contribution in [2.75, 3.05) is 13.2 Å². The maximum absolute atomic E-state index is 11.4. The minimum atomic E-state index is -0.604. The molecule has 5 nitrogen and oxygen atoms in total. The molecule has 1 unspecified atom stereocenters. The molecule has 1 aliphatic heterocycles. The second-order valence-corrected chi connectivity index (χ2v) is 3.19. The van der Waals surface area contributed by atoms with Crippen LogP contribution in [-0.2, 0) is 14.3 Å². The average molecular weight is 186 g/mol. The molecule has 0 aliphatic carbocycles. The number of nitrogens with one attached hydrogen (secondary N) is 1. The molecule has 1 rings (SSSR count). The highest BCUT2D eigenvalue weighted by atomic mass is 16.5. The molecule has 13 heavy (non-hydrogen) atoms. The van der Waals surface area contributed by atoms with Gasteiger partial charge in [-0.15, -0.1) is 0 Å². The summed E-state index contributed by atoms with van der Waals surface area (Å²) in [6.45, 7) is 2.62. The molecule has 1 heterocycles. The van der Waals surface area contributed by atoms with Crippen LogP contribution in [0.5, 0.6) is 0 Å². The van der Waals surface area contributed by atoms with Crippen LogP contribution in [-0.4, -0.2) is 31.1 Å². The third kappa shape index (κ3) is 2.69. The fourth-order valence-corrected chi connectivity index (χ4v) is 1.14. The number of primary amides is 1. The summed E-state index contributed by atoms with van der Waals surface area (Å²) in [6, 6.07) is -0.604. The quantitative estimate of drug-likeness (QED) is 0.594. The molecule has 0 radical (unpaired) electrons. The monoisotopic (exact) mass is 186 g/mol. The highest BCUT2D eigenvalue weighted by molar-refractivity contribution is 5.87. The number of carbonyl (C=O) groups excluding carboxylic acids is 2. The molecule has 2 atom stereocenters. The zero-order valence-corrected chi connectivity index (χ0v) is 7.58. The Morgan fingerprint density at radius 3 is 2.77 bits per heavy atom. The molecular formula is C8H14N2O3. The fourth-order valence-electron chi connectivity index (χ4n) is 1.14. The number of carbonyl (C=O) groups is 2. The summed E-state index contributed by atoms with van der Waals surface area (Å²) >= 11 is 0. The first-order valence-electron chi connectivity index (χ1n) is 4.28. The van der Waals surface area contributed by atoms with E-state index in [1.807, 2.05) is 0 Å². The Morgan fingerprint density at radius 2 is 2.31 bits per heavy atom. The van der Waals surface area contributed by atoms with E-state index in [9.17, 15) is 9.59 Å².